The number of aromatic amines is 2. The largest absolute Gasteiger partial charge is 0.372 e. The van der Waals surface area contributed by atoms with Crippen LogP contribution in [0, 0.1) is 11.3 Å². The zero-order valence-corrected chi connectivity index (χ0v) is 29.7. The van der Waals surface area contributed by atoms with Crippen LogP contribution in [0.1, 0.15) is 79.0 Å². The molecule has 3 atom stereocenters. The van der Waals surface area contributed by atoms with Gasteiger partial charge in [0.1, 0.15) is 5.69 Å². The molecule has 2 bridgehead atoms. The van der Waals surface area contributed by atoms with E-state index in [1.165, 1.54) is 0 Å². The Hall–Kier alpha value is -4.58. The lowest BCUT2D eigenvalue weighted by Crippen LogP contribution is -2.59. The van der Waals surface area contributed by atoms with Gasteiger partial charge in [0.2, 0.25) is 11.8 Å². The summed E-state index contributed by atoms with van der Waals surface area (Å²) in [5, 5.41) is 10.9. The van der Waals surface area contributed by atoms with Gasteiger partial charge in [-0.3, -0.25) is 29.7 Å². The number of benzene rings is 2. The molecule has 3 aliphatic carbocycles. The summed E-state index contributed by atoms with van der Waals surface area (Å²) in [7, 11) is 0. The Balaban J connectivity index is 0.776. The monoisotopic (exact) mass is 709 g/mol. The Labute approximate surface area is 301 Å². The molecule has 6 aliphatic rings. The number of amides is 3. The number of nitrogens with one attached hydrogen (secondary N) is 3. The van der Waals surface area contributed by atoms with Crippen LogP contribution in [0.4, 0.5) is 14.5 Å². The SMILES string of the molecule is C[C@@]12Cc3[nH]nc(-c4cc5ccc(C(=O)N6CCN(CC7CCN(c8ccc([C@]9(C)CCC(=O)NC9=O)cc8)CC7)CC6)cc5[nH]4)c3C(C1)C2(F)F. The summed E-state index contributed by atoms with van der Waals surface area (Å²) < 4.78 is 30.0. The number of hydrogen-bond acceptors (Lipinski definition) is 6. The quantitative estimate of drug-likeness (QED) is 0.224. The molecule has 12 heteroatoms. The maximum absolute atomic E-state index is 15.0. The van der Waals surface area contributed by atoms with Gasteiger partial charge < -0.3 is 14.8 Å². The van der Waals surface area contributed by atoms with E-state index >= 15 is 0 Å². The van der Waals surface area contributed by atoms with Gasteiger partial charge in [0.05, 0.1) is 17.0 Å². The molecule has 0 radical (unpaired) electrons. The van der Waals surface area contributed by atoms with Crippen molar-refractivity contribution in [1.29, 1.82) is 0 Å². The lowest BCUT2D eigenvalue weighted by molar-refractivity contribution is -0.220. The van der Waals surface area contributed by atoms with Gasteiger partial charge in [-0.25, -0.2) is 8.78 Å². The minimum Gasteiger partial charge on any atom is -0.372 e. The second-order valence-electron chi connectivity index (χ2n) is 16.3. The number of hydrogen-bond donors (Lipinski definition) is 3. The summed E-state index contributed by atoms with van der Waals surface area (Å²) in [5.41, 5.74) is 4.53. The lowest BCUT2D eigenvalue weighted by Gasteiger charge is -2.56. The fourth-order valence-corrected chi connectivity index (χ4v) is 9.53. The highest BCUT2D eigenvalue weighted by atomic mass is 19.3. The number of alkyl halides is 2. The molecule has 3 N–H and O–H groups in total. The summed E-state index contributed by atoms with van der Waals surface area (Å²) >= 11 is 0. The highest BCUT2D eigenvalue weighted by Gasteiger charge is 2.70. The first-order chi connectivity index (χ1) is 24.9. The Kier molecular flexibility index (Phi) is 7.66. The van der Waals surface area contributed by atoms with E-state index in [1.54, 1.807) is 6.92 Å². The molecule has 1 unspecified atom stereocenters. The van der Waals surface area contributed by atoms with Crippen LogP contribution in [0.3, 0.4) is 0 Å². The maximum atomic E-state index is 15.0. The number of halogens is 2. The van der Waals surface area contributed by atoms with Crippen molar-refractivity contribution in [1.82, 2.24) is 30.3 Å². The van der Waals surface area contributed by atoms with Crippen molar-refractivity contribution in [3.8, 4) is 11.4 Å². The fourth-order valence-electron chi connectivity index (χ4n) is 9.53. The van der Waals surface area contributed by atoms with Gasteiger partial charge in [-0.15, -0.1) is 0 Å². The molecule has 3 amide bonds. The zero-order valence-electron chi connectivity index (χ0n) is 29.7. The van der Waals surface area contributed by atoms with Crippen molar-refractivity contribution in [3.63, 3.8) is 0 Å². The Bertz CT molecular complexity index is 2080. The summed E-state index contributed by atoms with van der Waals surface area (Å²) in [5.74, 6) is -3.36. The van der Waals surface area contributed by atoms with Crippen molar-refractivity contribution in [2.45, 2.75) is 69.6 Å². The molecule has 4 aromatic rings. The lowest BCUT2D eigenvalue weighted by atomic mass is 9.51. The van der Waals surface area contributed by atoms with Crippen LogP contribution in [0.25, 0.3) is 22.3 Å². The van der Waals surface area contributed by atoms with Crippen LogP contribution in [-0.4, -0.2) is 94.4 Å². The number of aromatic nitrogens is 3. The summed E-state index contributed by atoms with van der Waals surface area (Å²) in [6, 6.07) is 15.9. The molecule has 52 heavy (non-hydrogen) atoms. The number of piperidine rings is 2. The van der Waals surface area contributed by atoms with Crippen LogP contribution in [0.5, 0.6) is 0 Å². The third-order valence-corrected chi connectivity index (χ3v) is 13.1. The predicted octanol–water partition coefficient (Wildman–Crippen LogP) is 5.61. The van der Waals surface area contributed by atoms with E-state index in [0.717, 1.165) is 73.4 Å². The Morgan fingerprint density at radius 1 is 0.962 bits per heavy atom. The zero-order chi connectivity index (χ0) is 36.0. The third-order valence-electron chi connectivity index (χ3n) is 13.1. The summed E-state index contributed by atoms with van der Waals surface area (Å²) in [4.78, 5) is 48.0. The molecule has 4 fully saturated rings. The number of imide groups is 1. The van der Waals surface area contributed by atoms with Crippen LogP contribution in [-0.2, 0) is 21.4 Å². The van der Waals surface area contributed by atoms with Gasteiger partial charge in [0, 0.05) is 97.5 Å². The molecule has 272 valence electrons. The number of nitrogens with zero attached hydrogens (tertiary/aromatic N) is 4. The minimum atomic E-state index is -2.73. The number of anilines is 1. The van der Waals surface area contributed by atoms with Crippen molar-refractivity contribution < 1.29 is 23.2 Å². The average molecular weight is 710 g/mol. The molecule has 5 heterocycles. The van der Waals surface area contributed by atoms with E-state index in [1.807, 2.05) is 48.2 Å². The normalized spacial score (nSPS) is 27.7. The molecule has 0 spiro atoms. The first-order valence-electron chi connectivity index (χ1n) is 18.7. The molecule has 10 rings (SSSR count). The first kappa shape index (κ1) is 33.3. The summed E-state index contributed by atoms with van der Waals surface area (Å²) in [6.07, 6.45) is 3.86. The smallest absolute Gasteiger partial charge is 0.260 e. The van der Waals surface area contributed by atoms with E-state index in [2.05, 4.69) is 42.4 Å². The molecule has 3 aliphatic heterocycles. The molecule has 2 aromatic carbocycles. The number of H-pyrrole nitrogens is 2. The number of carbonyl (C=O) groups excluding carboxylic acids is 3. The van der Waals surface area contributed by atoms with Crippen LogP contribution in [0.15, 0.2) is 48.5 Å². The number of carbonyl (C=O) groups is 3. The highest BCUT2D eigenvalue weighted by Crippen LogP contribution is 2.68. The van der Waals surface area contributed by atoms with Crippen molar-refractivity contribution >= 4 is 34.3 Å². The topological polar surface area (TPSA) is 117 Å². The van der Waals surface area contributed by atoms with E-state index in [9.17, 15) is 23.2 Å². The first-order valence-corrected chi connectivity index (χ1v) is 18.7. The average Bonchev–Trinajstić information content (AvgIpc) is 3.77. The van der Waals surface area contributed by atoms with Gasteiger partial charge >= 0.3 is 0 Å². The Morgan fingerprint density at radius 3 is 2.42 bits per heavy atom. The van der Waals surface area contributed by atoms with Crippen molar-refractivity contribution in [3.05, 3.63) is 70.9 Å². The predicted molar refractivity (Wildman–Crippen MR) is 193 cm³/mol. The minimum absolute atomic E-state index is 0.00849. The molecule has 2 aromatic heterocycles. The standard InChI is InChI=1S/C40H45F2N7O3/c1-38-21-29(40(38,41)42)34-32(22-38)45-46-35(34)31-19-25-3-4-26(20-30(25)43-31)36(51)49-17-15-47(16-18-49)23-24-10-13-48(14-11-24)28-7-5-27(6-8-28)39(2)12-9-33(50)44-37(39)52/h3-8,19-20,24,29,43H,9-18,21-23H2,1-2H3,(H,45,46)(H,44,50,52)/t29?,38-,39-/m0/s1. The van der Waals surface area contributed by atoms with E-state index in [0.29, 0.717) is 67.2 Å². The molecule has 1 saturated carbocycles. The number of rotatable bonds is 6. The van der Waals surface area contributed by atoms with E-state index < -0.39 is 22.7 Å². The van der Waals surface area contributed by atoms with Gasteiger partial charge in [-0.05, 0) is 74.4 Å². The van der Waals surface area contributed by atoms with Gasteiger partial charge in [0.25, 0.3) is 11.8 Å². The van der Waals surface area contributed by atoms with Crippen molar-refractivity contribution in [2.24, 2.45) is 11.3 Å². The van der Waals surface area contributed by atoms with E-state index in [4.69, 9.17) is 0 Å². The van der Waals surface area contributed by atoms with Crippen molar-refractivity contribution in [2.75, 3.05) is 50.7 Å². The molecule has 3 saturated heterocycles. The van der Waals surface area contributed by atoms with Crippen LogP contribution in [0.2, 0.25) is 0 Å². The van der Waals surface area contributed by atoms with Crippen LogP contribution >= 0.6 is 0 Å². The highest BCUT2D eigenvalue weighted by molar-refractivity contribution is 6.03. The number of fused-ring (bicyclic) bond motifs is 1. The van der Waals surface area contributed by atoms with Gasteiger partial charge in [0.15, 0.2) is 0 Å². The fraction of sp³-hybridized carbons (Fsp3) is 0.500. The second kappa shape index (κ2) is 12.0. The van der Waals surface area contributed by atoms with Gasteiger partial charge in [-0.1, -0.05) is 25.1 Å². The van der Waals surface area contributed by atoms with Crippen LogP contribution < -0.4 is 10.2 Å². The third kappa shape index (κ3) is 5.27. The maximum Gasteiger partial charge on any atom is 0.260 e. The van der Waals surface area contributed by atoms with Gasteiger partial charge in [-0.2, -0.15) is 5.10 Å². The molecular weight excluding hydrogens is 664 g/mol. The number of piperazine rings is 1. The molecular formula is C40H45F2N7O3. The summed E-state index contributed by atoms with van der Waals surface area (Å²) in [6.45, 7) is 9.60. The second-order valence-corrected chi connectivity index (χ2v) is 16.3. The van der Waals surface area contributed by atoms with E-state index in [-0.39, 0.29) is 17.7 Å². The molecule has 10 nitrogen and oxygen atoms in total. The Morgan fingerprint density at radius 2 is 1.71 bits per heavy atom.